The standard InChI is InChI=1S/C36H36N2O4/c1-41-27-15-11-23(12-16-27)21-37-29-9-5-3-7-25(29)19-31(37)33-35(39)34(36(33)40)32-20-26-8-4-6-10-30(26)38(32)22-24-13-17-28(42-2)18-14-24/h11-20H,3-10,21-22H2,1-2H3/p+1. The van der Waals surface area contributed by atoms with Crippen molar-refractivity contribution in [3.05, 3.63) is 111 Å². The molecule has 0 spiro atoms. The molecule has 1 fully saturated rings. The Morgan fingerprint density at radius 3 is 2.14 bits per heavy atom. The number of hydrogen-bond donors (Lipinski definition) is 1. The smallest absolute Gasteiger partial charge is 0.221 e. The van der Waals surface area contributed by atoms with Gasteiger partial charge in [-0.2, -0.15) is 4.58 Å². The highest BCUT2D eigenvalue weighted by atomic mass is 16.5. The minimum atomic E-state index is -0.0656. The summed E-state index contributed by atoms with van der Waals surface area (Å²) in [5.74, 6) is 1.70. The van der Waals surface area contributed by atoms with Gasteiger partial charge >= 0.3 is 0 Å². The van der Waals surface area contributed by atoms with Crippen LogP contribution in [-0.4, -0.2) is 40.0 Å². The van der Waals surface area contributed by atoms with E-state index in [9.17, 15) is 9.90 Å². The van der Waals surface area contributed by atoms with Crippen molar-refractivity contribution in [1.82, 2.24) is 4.57 Å². The summed E-state index contributed by atoms with van der Waals surface area (Å²) in [6, 6.07) is 18.3. The van der Waals surface area contributed by atoms with Crippen LogP contribution in [0.2, 0.25) is 0 Å². The van der Waals surface area contributed by atoms with Gasteiger partial charge in [0.05, 0.1) is 25.5 Å². The second kappa shape index (κ2) is 10.8. The van der Waals surface area contributed by atoms with E-state index in [2.05, 4.69) is 45.6 Å². The zero-order chi connectivity index (χ0) is 28.8. The number of carbonyl (C=O) groups is 1. The molecule has 2 aromatic carbocycles. The average molecular weight is 562 g/mol. The molecule has 1 aliphatic heterocycles. The summed E-state index contributed by atoms with van der Waals surface area (Å²) < 4.78 is 15.2. The first-order chi connectivity index (χ1) is 20.6. The van der Waals surface area contributed by atoms with Crippen LogP contribution in [0, 0.1) is 0 Å². The van der Waals surface area contributed by atoms with E-state index >= 15 is 0 Å². The Kier molecular flexibility index (Phi) is 6.85. The summed E-state index contributed by atoms with van der Waals surface area (Å²) in [5, 5.41) is 11.6. The molecule has 42 heavy (non-hydrogen) atoms. The lowest BCUT2D eigenvalue weighted by Gasteiger charge is -2.24. The number of rotatable bonds is 7. The largest absolute Gasteiger partial charge is 0.506 e. The third kappa shape index (κ3) is 4.50. The van der Waals surface area contributed by atoms with Crippen molar-refractivity contribution in [3.63, 3.8) is 0 Å². The van der Waals surface area contributed by atoms with Crippen LogP contribution in [0.3, 0.4) is 0 Å². The number of benzene rings is 2. The van der Waals surface area contributed by atoms with E-state index in [1.54, 1.807) is 14.2 Å². The summed E-state index contributed by atoms with van der Waals surface area (Å²) in [5.41, 5.74) is 10.00. The van der Waals surface area contributed by atoms with Gasteiger partial charge in [0.2, 0.25) is 11.5 Å². The van der Waals surface area contributed by atoms with Gasteiger partial charge in [-0.1, -0.05) is 12.1 Å². The van der Waals surface area contributed by atoms with Crippen LogP contribution in [0.4, 0.5) is 0 Å². The number of ketones is 1. The normalized spacial score (nSPS) is 19.9. The van der Waals surface area contributed by atoms with Gasteiger partial charge in [-0.25, -0.2) is 0 Å². The molecular weight excluding hydrogens is 524 g/mol. The Balaban J connectivity index is 1.30. The van der Waals surface area contributed by atoms with E-state index in [4.69, 9.17) is 9.47 Å². The number of hydrogen-bond acceptors (Lipinski definition) is 4. The van der Waals surface area contributed by atoms with Gasteiger partial charge in [-0.05, 0) is 98.5 Å². The molecule has 0 amide bonds. The summed E-state index contributed by atoms with van der Waals surface area (Å²) in [4.78, 5) is 14.1. The first-order valence-electron chi connectivity index (χ1n) is 15.1. The summed E-state index contributed by atoms with van der Waals surface area (Å²) in [7, 11) is 3.34. The molecule has 6 heteroatoms. The summed E-state index contributed by atoms with van der Waals surface area (Å²) in [6.07, 6.45) is 10.7. The predicted octanol–water partition coefficient (Wildman–Crippen LogP) is 6.71. The molecule has 0 atom stereocenters. The monoisotopic (exact) mass is 561 g/mol. The highest BCUT2D eigenvalue weighted by Crippen LogP contribution is 2.43. The van der Waals surface area contributed by atoms with E-state index in [-0.39, 0.29) is 11.5 Å². The first kappa shape index (κ1) is 26.6. The molecule has 0 radical (unpaired) electrons. The van der Waals surface area contributed by atoms with Crippen molar-refractivity contribution in [1.29, 1.82) is 0 Å². The van der Waals surface area contributed by atoms with Crippen LogP contribution in [0.25, 0.3) is 5.57 Å². The second-order valence-corrected chi connectivity index (χ2v) is 11.7. The molecule has 0 unspecified atom stereocenters. The van der Waals surface area contributed by atoms with Crippen LogP contribution in [0.15, 0.2) is 83.3 Å². The van der Waals surface area contributed by atoms with Crippen LogP contribution >= 0.6 is 0 Å². The molecule has 0 saturated heterocycles. The zero-order valence-electron chi connectivity index (χ0n) is 24.4. The lowest BCUT2D eigenvalue weighted by Crippen LogP contribution is -2.28. The molecule has 4 aliphatic rings. The van der Waals surface area contributed by atoms with E-state index in [1.165, 1.54) is 22.5 Å². The second-order valence-electron chi connectivity index (χ2n) is 11.7. The summed E-state index contributed by atoms with van der Waals surface area (Å²) in [6.45, 7) is 1.30. The molecule has 1 aromatic heterocycles. The van der Waals surface area contributed by atoms with Crippen molar-refractivity contribution in [2.45, 2.75) is 64.5 Å². The van der Waals surface area contributed by atoms with Gasteiger partial charge in [-0.3, -0.25) is 4.79 Å². The van der Waals surface area contributed by atoms with Crippen molar-refractivity contribution in [3.8, 4) is 11.5 Å². The number of aromatic nitrogens is 1. The fourth-order valence-corrected chi connectivity index (χ4v) is 7.01. The van der Waals surface area contributed by atoms with Crippen LogP contribution in [0.5, 0.6) is 11.5 Å². The van der Waals surface area contributed by atoms with E-state index in [1.807, 2.05) is 24.3 Å². The average Bonchev–Trinajstić information content (AvgIpc) is 3.55. The first-order valence-corrected chi connectivity index (χ1v) is 15.1. The molecule has 1 saturated carbocycles. The van der Waals surface area contributed by atoms with Crippen molar-refractivity contribution >= 4 is 17.1 Å². The Bertz CT molecular complexity index is 1700. The number of aliphatic hydroxyl groups excluding tert-OH is 1. The minimum Gasteiger partial charge on any atom is -0.506 e. The SMILES string of the molecule is COc1ccc(Cn2c(C3=C(O)/C(=C4\C=C5CCCCC5=[N+]4Cc4ccc(OC)cc4)C3=O)cc3c2CCCC3)cc1. The minimum absolute atomic E-state index is 0.0656. The molecule has 0 bridgehead atoms. The highest BCUT2D eigenvalue weighted by Gasteiger charge is 2.45. The van der Waals surface area contributed by atoms with Gasteiger partial charge in [-0.15, -0.1) is 0 Å². The maximum Gasteiger partial charge on any atom is 0.221 e. The molecule has 7 rings (SSSR count). The lowest BCUT2D eigenvalue weighted by molar-refractivity contribution is -0.487. The molecule has 1 N–H and O–H groups in total. The Morgan fingerprint density at radius 1 is 0.810 bits per heavy atom. The van der Waals surface area contributed by atoms with Gasteiger partial charge in [0, 0.05) is 35.9 Å². The number of allylic oxidation sites excluding steroid dienone is 4. The third-order valence-electron chi connectivity index (χ3n) is 9.26. The van der Waals surface area contributed by atoms with Crippen LogP contribution in [0.1, 0.15) is 66.6 Å². The summed E-state index contributed by atoms with van der Waals surface area (Å²) >= 11 is 0. The molecule has 6 nitrogen and oxygen atoms in total. The van der Waals surface area contributed by atoms with Crippen molar-refractivity contribution in [2.75, 3.05) is 14.2 Å². The molecule has 214 valence electrons. The highest BCUT2D eigenvalue weighted by molar-refractivity contribution is 6.39. The van der Waals surface area contributed by atoms with E-state index < -0.39 is 0 Å². The maximum absolute atomic E-state index is 14.1. The van der Waals surface area contributed by atoms with Gasteiger partial charge in [0.1, 0.15) is 22.8 Å². The quantitative estimate of drug-likeness (QED) is 0.257. The van der Waals surface area contributed by atoms with Gasteiger partial charge in [0.25, 0.3) is 0 Å². The number of methoxy groups -OCH3 is 2. The van der Waals surface area contributed by atoms with Crippen LogP contribution in [-0.2, 0) is 30.7 Å². The van der Waals surface area contributed by atoms with Gasteiger partial charge in [0.15, 0.2) is 12.3 Å². The molecular formula is C36H37N2O4+. The number of aryl methyl sites for hydroxylation is 1. The third-order valence-corrected chi connectivity index (χ3v) is 9.26. The van der Waals surface area contributed by atoms with Crippen LogP contribution < -0.4 is 9.47 Å². The lowest BCUT2D eigenvalue weighted by atomic mass is 9.84. The zero-order valence-corrected chi connectivity index (χ0v) is 24.4. The Labute approximate surface area is 246 Å². The van der Waals surface area contributed by atoms with E-state index in [0.29, 0.717) is 24.2 Å². The maximum atomic E-state index is 14.1. The number of carbonyl (C=O) groups excluding carboxylic acids is 1. The van der Waals surface area contributed by atoms with Crippen molar-refractivity contribution in [2.24, 2.45) is 0 Å². The Morgan fingerprint density at radius 2 is 1.45 bits per heavy atom. The number of nitrogens with zero attached hydrogens (tertiary/aromatic N) is 2. The molecule has 3 aliphatic carbocycles. The molecule has 3 aromatic rings. The number of ether oxygens (including phenoxy) is 2. The fraction of sp³-hybridized carbons (Fsp3) is 0.333. The Hall–Kier alpha value is -4.32. The van der Waals surface area contributed by atoms with Crippen molar-refractivity contribution < 1.29 is 24.0 Å². The topological polar surface area (TPSA) is 63.7 Å². The number of fused-ring (bicyclic) bond motifs is 2. The predicted molar refractivity (Wildman–Crippen MR) is 163 cm³/mol. The fourth-order valence-electron chi connectivity index (χ4n) is 7.01. The number of aliphatic hydroxyl groups is 1. The number of Topliss-reactive ketones (excluding diaryl/α,β-unsaturated/α-hetero) is 1. The molecule has 2 heterocycles. The van der Waals surface area contributed by atoms with Gasteiger partial charge < -0.3 is 19.1 Å². The van der Waals surface area contributed by atoms with E-state index in [0.717, 1.165) is 85.4 Å².